The van der Waals surface area contributed by atoms with Gasteiger partial charge in [-0.1, -0.05) is 18.6 Å². The number of rotatable bonds is 6. The summed E-state index contributed by atoms with van der Waals surface area (Å²) in [6, 6.07) is 7.66. The first kappa shape index (κ1) is 32.6. The number of carboxylic acids is 2. The molecule has 2 saturated heterocycles. The zero-order valence-corrected chi connectivity index (χ0v) is 20.0. The monoisotopic (exact) mass is 548 g/mol. The minimum Gasteiger partial charge on any atom is -0.475 e. The molecule has 37 heavy (non-hydrogen) atoms. The number of morpholine rings is 1. The molecule has 1 aromatic carbocycles. The first-order chi connectivity index (χ1) is 17.2. The lowest BCUT2D eigenvalue weighted by molar-refractivity contribution is -0.193. The standard InChI is InChI=1S/C19H29FN2O.2C2HF3O2/c20-18-8-6-17(7-9-18)4-3-11-22-10-2-1-5-19(22)16-21-12-14-23-15-13-21;2*3-2(4,5)1(6)7/h6-9,19H,1-5,10-16H2;2*(H,6,7). The van der Waals surface area contributed by atoms with Gasteiger partial charge in [0.05, 0.1) is 13.2 Å². The molecule has 0 aromatic heterocycles. The quantitative estimate of drug-likeness (QED) is 0.515. The number of alkyl halides is 6. The van der Waals surface area contributed by atoms with E-state index in [1.54, 1.807) is 12.1 Å². The summed E-state index contributed by atoms with van der Waals surface area (Å²) in [5.41, 5.74) is 1.24. The molecular formula is C23H31F7N2O5. The first-order valence-electron chi connectivity index (χ1n) is 11.6. The molecule has 1 aromatic rings. The second-order valence-corrected chi connectivity index (χ2v) is 8.43. The topological polar surface area (TPSA) is 90.3 Å². The Morgan fingerprint density at radius 3 is 1.89 bits per heavy atom. The molecule has 0 aliphatic carbocycles. The minimum atomic E-state index is -5.08. The lowest BCUT2D eigenvalue weighted by Crippen LogP contribution is -2.49. The van der Waals surface area contributed by atoms with Crippen LogP contribution in [0.15, 0.2) is 24.3 Å². The van der Waals surface area contributed by atoms with Crippen molar-refractivity contribution < 1.29 is 55.3 Å². The van der Waals surface area contributed by atoms with Crippen molar-refractivity contribution in [1.82, 2.24) is 9.80 Å². The van der Waals surface area contributed by atoms with Gasteiger partial charge in [0.25, 0.3) is 0 Å². The highest BCUT2D eigenvalue weighted by Crippen LogP contribution is 2.19. The van der Waals surface area contributed by atoms with Gasteiger partial charge in [0.1, 0.15) is 5.82 Å². The molecule has 14 heteroatoms. The van der Waals surface area contributed by atoms with E-state index in [2.05, 4.69) is 9.80 Å². The molecule has 2 aliphatic rings. The van der Waals surface area contributed by atoms with E-state index >= 15 is 0 Å². The minimum absolute atomic E-state index is 0.143. The predicted octanol–water partition coefficient (Wildman–Crippen LogP) is 4.21. The van der Waals surface area contributed by atoms with Crippen LogP contribution in [-0.4, -0.2) is 96.3 Å². The van der Waals surface area contributed by atoms with Crippen molar-refractivity contribution in [3.05, 3.63) is 35.6 Å². The van der Waals surface area contributed by atoms with Crippen LogP contribution < -0.4 is 0 Å². The van der Waals surface area contributed by atoms with Crippen LogP contribution >= 0.6 is 0 Å². The molecule has 212 valence electrons. The predicted molar refractivity (Wildman–Crippen MR) is 119 cm³/mol. The molecular weight excluding hydrogens is 517 g/mol. The molecule has 1 atom stereocenters. The number of carboxylic acid groups (broad SMARTS) is 2. The number of carbonyl (C=O) groups is 2. The van der Waals surface area contributed by atoms with Crippen LogP contribution in [-0.2, 0) is 20.7 Å². The molecule has 2 heterocycles. The van der Waals surface area contributed by atoms with Crippen LogP contribution in [0.4, 0.5) is 30.7 Å². The van der Waals surface area contributed by atoms with Gasteiger partial charge < -0.3 is 14.9 Å². The Balaban J connectivity index is 0.000000404. The van der Waals surface area contributed by atoms with Crippen LogP contribution in [0, 0.1) is 5.82 Å². The largest absolute Gasteiger partial charge is 0.490 e. The Labute approximate surface area is 209 Å². The van der Waals surface area contributed by atoms with Gasteiger partial charge in [0, 0.05) is 25.7 Å². The van der Waals surface area contributed by atoms with Crippen LogP contribution in [0.3, 0.4) is 0 Å². The zero-order valence-electron chi connectivity index (χ0n) is 20.0. The van der Waals surface area contributed by atoms with Gasteiger partial charge in [-0.25, -0.2) is 14.0 Å². The third-order valence-electron chi connectivity index (χ3n) is 5.63. The number of ether oxygens (including phenoxy) is 1. The summed E-state index contributed by atoms with van der Waals surface area (Å²) in [5, 5.41) is 14.2. The van der Waals surface area contributed by atoms with Crippen molar-refractivity contribution in [2.45, 2.75) is 50.5 Å². The van der Waals surface area contributed by atoms with Crippen molar-refractivity contribution >= 4 is 11.9 Å². The molecule has 3 rings (SSSR count). The number of nitrogens with zero attached hydrogens (tertiary/aromatic N) is 2. The number of likely N-dealkylation sites (tertiary alicyclic amines) is 1. The number of hydrogen-bond donors (Lipinski definition) is 2. The Morgan fingerprint density at radius 2 is 1.41 bits per heavy atom. The first-order valence-corrected chi connectivity index (χ1v) is 11.6. The van der Waals surface area contributed by atoms with Crippen LogP contribution in [0.2, 0.25) is 0 Å². The highest BCUT2D eigenvalue weighted by Gasteiger charge is 2.38. The number of piperidine rings is 1. The molecule has 7 nitrogen and oxygen atoms in total. The fourth-order valence-electron chi connectivity index (χ4n) is 3.78. The van der Waals surface area contributed by atoms with E-state index in [4.69, 9.17) is 24.5 Å². The maximum absolute atomic E-state index is 13.0. The molecule has 1 unspecified atom stereocenters. The van der Waals surface area contributed by atoms with E-state index in [1.165, 1.54) is 37.9 Å². The average molecular weight is 548 g/mol. The van der Waals surface area contributed by atoms with Crippen molar-refractivity contribution in [2.24, 2.45) is 0 Å². The van der Waals surface area contributed by atoms with E-state index in [0.29, 0.717) is 6.04 Å². The number of aliphatic carboxylic acids is 2. The van der Waals surface area contributed by atoms with E-state index in [-0.39, 0.29) is 5.82 Å². The second kappa shape index (κ2) is 15.7. The van der Waals surface area contributed by atoms with Crippen LogP contribution in [0.5, 0.6) is 0 Å². The summed E-state index contributed by atoms with van der Waals surface area (Å²) >= 11 is 0. The third-order valence-corrected chi connectivity index (χ3v) is 5.63. The Bertz CT molecular complexity index is 789. The fourth-order valence-corrected chi connectivity index (χ4v) is 3.78. The number of aryl methyl sites for hydroxylation is 1. The molecule has 0 saturated carbocycles. The normalized spacial score (nSPS) is 19.2. The van der Waals surface area contributed by atoms with Gasteiger partial charge in [-0.2, -0.15) is 26.3 Å². The van der Waals surface area contributed by atoms with Gasteiger partial charge in [0.15, 0.2) is 0 Å². The van der Waals surface area contributed by atoms with Crippen LogP contribution in [0.1, 0.15) is 31.2 Å². The summed E-state index contributed by atoms with van der Waals surface area (Å²) < 4.78 is 81.9. The van der Waals surface area contributed by atoms with Crippen LogP contribution in [0.25, 0.3) is 0 Å². The Hall–Kier alpha value is -2.45. The summed E-state index contributed by atoms with van der Waals surface area (Å²) in [7, 11) is 0. The summed E-state index contributed by atoms with van der Waals surface area (Å²) in [5.74, 6) is -5.66. The molecule has 2 aliphatic heterocycles. The maximum atomic E-state index is 13.0. The SMILES string of the molecule is Fc1ccc(CCCN2CCCCC2CN2CCOCC2)cc1.O=C(O)C(F)(F)F.O=C(O)C(F)(F)F. The number of halogens is 7. The molecule has 2 fully saturated rings. The molecule has 0 bridgehead atoms. The number of hydrogen-bond acceptors (Lipinski definition) is 5. The maximum Gasteiger partial charge on any atom is 0.490 e. The van der Waals surface area contributed by atoms with Crippen molar-refractivity contribution in [2.75, 3.05) is 45.9 Å². The second-order valence-electron chi connectivity index (χ2n) is 8.43. The van der Waals surface area contributed by atoms with Gasteiger partial charge in [0.2, 0.25) is 0 Å². The van der Waals surface area contributed by atoms with Gasteiger partial charge in [-0.3, -0.25) is 9.80 Å². The van der Waals surface area contributed by atoms with E-state index < -0.39 is 24.3 Å². The van der Waals surface area contributed by atoms with Gasteiger partial charge in [-0.05, 0) is 56.5 Å². The molecule has 0 spiro atoms. The lowest BCUT2D eigenvalue weighted by Gasteiger charge is -2.39. The highest BCUT2D eigenvalue weighted by atomic mass is 19.4. The zero-order chi connectivity index (χ0) is 28.1. The summed E-state index contributed by atoms with van der Waals surface area (Å²) in [4.78, 5) is 23.0. The summed E-state index contributed by atoms with van der Waals surface area (Å²) in [6.07, 6.45) is -3.94. The van der Waals surface area contributed by atoms with Crippen molar-refractivity contribution in [1.29, 1.82) is 0 Å². The summed E-state index contributed by atoms with van der Waals surface area (Å²) in [6.45, 7) is 7.53. The molecule has 0 amide bonds. The molecule has 2 N–H and O–H groups in total. The van der Waals surface area contributed by atoms with Gasteiger partial charge in [-0.15, -0.1) is 0 Å². The van der Waals surface area contributed by atoms with Crippen molar-refractivity contribution in [3.63, 3.8) is 0 Å². The van der Waals surface area contributed by atoms with Gasteiger partial charge >= 0.3 is 24.3 Å². The fraction of sp³-hybridized carbons (Fsp3) is 0.652. The average Bonchev–Trinajstić information content (AvgIpc) is 2.82. The Kier molecular flexibility index (Phi) is 13.8. The van der Waals surface area contributed by atoms with E-state index in [9.17, 15) is 30.7 Å². The number of benzene rings is 1. The van der Waals surface area contributed by atoms with E-state index in [1.807, 2.05) is 12.1 Å². The Morgan fingerprint density at radius 1 is 0.892 bits per heavy atom. The highest BCUT2D eigenvalue weighted by molar-refractivity contribution is 5.73. The van der Waals surface area contributed by atoms with E-state index in [0.717, 1.165) is 45.7 Å². The third kappa shape index (κ3) is 14.2. The lowest BCUT2D eigenvalue weighted by atomic mass is 10.0. The smallest absolute Gasteiger partial charge is 0.475 e. The van der Waals surface area contributed by atoms with Crippen molar-refractivity contribution in [3.8, 4) is 0 Å². The molecule has 0 radical (unpaired) electrons.